The highest BCUT2D eigenvalue weighted by Crippen LogP contribution is 2.15. The molecule has 3 nitrogen and oxygen atoms in total. The summed E-state index contributed by atoms with van der Waals surface area (Å²) in [6.07, 6.45) is 0.593. The molecule has 0 aromatic heterocycles. The molecule has 1 amide bonds. The molecule has 0 atom stereocenters. The molecule has 0 fully saturated rings. The Morgan fingerprint density at radius 2 is 1.81 bits per heavy atom. The molecule has 3 heteroatoms. The molecular weight excluding hydrogens is 202 g/mol. The summed E-state index contributed by atoms with van der Waals surface area (Å²) >= 11 is 0. The summed E-state index contributed by atoms with van der Waals surface area (Å²) in [5.41, 5.74) is 3.92. The van der Waals surface area contributed by atoms with Gasteiger partial charge >= 0.3 is 0 Å². The van der Waals surface area contributed by atoms with E-state index in [0.717, 1.165) is 16.7 Å². The SMILES string of the molecule is Cc1cc(C)c(C(=O)NCCCO)c(C)c1. The molecule has 0 radical (unpaired) electrons. The van der Waals surface area contributed by atoms with E-state index in [1.807, 2.05) is 32.9 Å². The van der Waals surface area contributed by atoms with Crippen LogP contribution in [0.25, 0.3) is 0 Å². The number of carbonyl (C=O) groups excluding carboxylic acids is 1. The van der Waals surface area contributed by atoms with E-state index in [1.54, 1.807) is 0 Å². The third-order valence-corrected chi connectivity index (χ3v) is 2.52. The van der Waals surface area contributed by atoms with Crippen LogP contribution in [0.1, 0.15) is 33.5 Å². The van der Waals surface area contributed by atoms with Gasteiger partial charge in [-0.25, -0.2) is 0 Å². The normalized spacial score (nSPS) is 10.2. The first kappa shape index (κ1) is 12.7. The predicted molar refractivity (Wildman–Crippen MR) is 64.7 cm³/mol. The molecule has 0 unspecified atom stereocenters. The zero-order valence-electron chi connectivity index (χ0n) is 10.1. The van der Waals surface area contributed by atoms with Crippen molar-refractivity contribution in [3.8, 4) is 0 Å². The molecule has 1 aromatic rings. The van der Waals surface area contributed by atoms with Crippen molar-refractivity contribution in [1.82, 2.24) is 5.32 Å². The largest absolute Gasteiger partial charge is 0.396 e. The second kappa shape index (κ2) is 5.66. The first-order valence-electron chi connectivity index (χ1n) is 5.53. The van der Waals surface area contributed by atoms with Crippen molar-refractivity contribution >= 4 is 5.91 Å². The van der Waals surface area contributed by atoms with Crippen molar-refractivity contribution in [3.63, 3.8) is 0 Å². The Labute approximate surface area is 96.5 Å². The van der Waals surface area contributed by atoms with Gasteiger partial charge in [0, 0.05) is 18.7 Å². The van der Waals surface area contributed by atoms with E-state index < -0.39 is 0 Å². The lowest BCUT2D eigenvalue weighted by atomic mass is 9.99. The second-order valence-electron chi connectivity index (χ2n) is 4.11. The summed E-state index contributed by atoms with van der Waals surface area (Å²) in [5.74, 6) is -0.0524. The maximum Gasteiger partial charge on any atom is 0.251 e. The first-order valence-corrected chi connectivity index (χ1v) is 5.53. The van der Waals surface area contributed by atoms with E-state index in [2.05, 4.69) is 5.32 Å². The van der Waals surface area contributed by atoms with Crippen LogP contribution in [-0.4, -0.2) is 24.2 Å². The first-order chi connectivity index (χ1) is 7.56. The summed E-state index contributed by atoms with van der Waals surface area (Å²) in [4.78, 5) is 11.9. The quantitative estimate of drug-likeness (QED) is 0.761. The topological polar surface area (TPSA) is 49.3 Å². The molecule has 0 saturated heterocycles. The van der Waals surface area contributed by atoms with Gasteiger partial charge in [-0.15, -0.1) is 0 Å². The van der Waals surface area contributed by atoms with Crippen LogP contribution < -0.4 is 5.32 Å². The van der Waals surface area contributed by atoms with Gasteiger partial charge in [0.25, 0.3) is 5.91 Å². The van der Waals surface area contributed by atoms with Gasteiger partial charge in [-0.2, -0.15) is 0 Å². The minimum Gasteiger partial charge on any atom is -0.396 e. The van der Waals surface area contributed by atoms with Gasteiger partial charge in [-0.05, 0) is 38.3 Å². The highest BCUT2D eigenvalue weighted by atomic mass is 16.3. The molecule has 16 heavy (non-hydrogen) atoms. The number of nitrogens with one attached hydrogen (secondary N) is 1. The Bertz CT molecular complexity index is 363. The van der Waals surface area contributed by atoms with Gasteiger partial charge in [-0.3, -0.25) is 4.79 Å². The van der Waals surface area contributed by atoms with Crippen LogP contribution in [0.3, 0.4) is 0 Å². The molecule has 88 valence electrons. The summed E-state index contributed by atoms with van der Waals surface area (Å²) < 4.78 is 0. The Hall–Kier alpha value is -1.35. The number of benzene rings is 1. The number of amides is 1. The van der Waals surface area contributed by atoms with E-state index in [0.29, 0.717) is 13.0 Å². The molecule has 0 saturated carbocycles. The lowest BCUT2D eigenvalue weighted by molar-refractivity contribution is 0.0950. The van der Waals surface area contributed by atoms with Crippen LogP contribution in [-0.2, 0) is 0 Å². The summed E-state index contributed by atoms with van der Waals surface area (Å²) in [7, 11) is 0. The molecule has 0 spiro atoms. The highest BCUT2D eigenvalue weighted by Gasteiger charge is 2.11. The van der Waals surface area contributed by atoms with Crippen LogP contribution >= 0.6 is 0 Å². The fraction of sp³-hybridized carbons (Fsp3) is 0.462. The van der Waals surface area contributed by atoms with Crippen molar-refractivity contribution in [1.29, 1.82) is 0 Å². The predicted octanol–water partition coefficient (Wildman–Crippen LogP) is 1.72. The van der Waals surface area contributed by atoms with Crippen molar-refractivity contribution in [3.05, 3.63) is 34.4 Å². The minimum atomic E-state index is -0.0524. The van der Waals surface area contributed by atoms with Gasteiger partial charge < -0.3 is 10.4 Å². The number of carbonyl (C=O) groups is 1. The standard InChI is InChI=1S/C13H19NO2/c1-9-7-10(2)12(11(3)8-9)13(16)14-5-4-6-15/h7-8,15H,4-6H2,1-3H3,(H,14,16). The van der Waals surface area contributed by atoms with Gasteiger partial charge in [0.15, 0.2) is 0 Å². The van der Waals surface area contributed by atoms with Crippen molar-refractivity contribution in [2.24, 2.45) is 0 Å². The van der Waals surface area contributed by atoms with E-state index in [9.17, 15) is 4.79 Å². The highest BCUT2D eigenvalue weighted by molar-refractivity contribution is 5.97. The molecule has 1 aromatic carbocycles. The lowest BCUT2D eigenvalue weighted by Crippen LogP contribution is -2.26. The number of hydrogen-bond acceptors (Lipinski definition) is 2. The number of aliphatic hydroxyl groups is 1. The zero-order chi connectivity index (χ0) is 12.1. The van der Waals surface area contributed by atoms with Crippen LogP contribution in [0.15, 0.2) is 12.1 Å². The fourth-order valence-corrected chi connectivity index (χ4v) is 1.91. The Kier molecular flexibility index (Phi) is 4.50. The third-order valence-electron chi connectivity index (χ3n) is 2.52. The molecule has 2 N–H and O–H groups in total. The van der Waals surface area contributed by atoms with E-state index >= 15 is 0 Å². The Balaban J connectivity index is 2.83. The monoisotopic (exact) mass is 221 g/mol. The molecule has 0 aliphatic heterocycles. The van der Waals surface area contributed by atoms with Gasteiger partial charge in [0.2, 0.25) is 0 Å². The lowest BCUT2D eigenvalue weighted by Gasteiger charge is -2.11. The number of rotatable bonds is 4. The van der Waals surface area contributed by atoms with Crippen LogP contribution in [0.2, 0.25) is 0 Å². The van der Waals surface area contributed by atoms with Crippen molar-refractivity contribution < 1.29 is 9.90 Å². The molecule has 0 bridgehead atoms. The number of aliphatic hydroxyl groups excluding tert-OH is 1. The summed E-state index contributed by atoms with van der Waals surface area (Å²) in [6, 6.07) is 4.02. The van der Waals surface area contributed by atoms with Gasteiger partial charge in [-0.1, -0.05) is 17.7 Å². The molecule has 0 aliphatic carbocycles. The van der Waals surface area contributed by atoms with E-state index in [1.165, 1.54) is 5.56 Å². The average Bonchev–Trinajstić information content (AvgIpc) is 2.16. The zero-order valence-corrected chi connectivity index (χ0v) is 10.1. The van der Waals surface area contributed by atoms with Crippen LogP contribution in [0.5, 0.6) is 0 Å². The maximum atomic E-state index is 11.9. The fourth-order valence-electron chi connectivity index (χ4n) is 1.91. The van der Waals surface area contributed by atoms with Crippen LogP contribution in [0.4, 0.5) is 0 Å². The molecule has 1 rings (SSSR count). The van der Waals surface area contributed by atoms with Crippen molar-refractivity contribution in [2.75, 3.05) is 13.2 Å². The Morgan fingerprint density at radius 3 is 2.31 bits per heavy atom. The molecule has 0 heterocycles. The minimum absolute atomic E-state index is 0.0524. The summed E-state index contributed by atoms with van der Waals surface area (Å²) in [6.45, 7) is 6.53. The molecule has 0 aliphatic rings. The van der Waals surface area contributed by atoms with Gasteiger partial charge in [0.05, 0.1) is 0 Å². The van der Waals surface area contributed by atoms with E-state index in [4.69, 9.17) is 5.11 Å². The number of aryl methyl sites for hydroxylation is 3. The van der Waals surface area contributed by atoms with Crippen molar-refractivity contribution in [2.45, 2.75) is 27.2 Å². The third kappa shape index (κ3) is 3.07. The maximum absolute atomic E-state index is 11.9. The summed E-state index contributed by atoms with van der Waals surface area (Å²) in [5, 5.41) is 11.4. The second-order valence-corrected chi connectivity index (χ2v) is 4.11. The van der Waals surface area contributed by atoms with Gasteiger partial charge in [0.1, 0.15) is 0 Å². The number of hydrogen-bond donors (Lipinski definition) is 2. The molecular formula is C13H19NO2. The van der Waals surface area contributed by atoms with Crippen LogP contribution in [0, 0.1) is 20.8 Å². The Morgan fingerprint density at radius 1 is 1.25 bits per heavy atom. The smallest absolute Gasteiger partial charge is 0.251 e. The average molecular weight is 221 g/mol. The van der Waals surface area contributed by atoms with E-state index in [-0.39, 0.29) is 12.5 Å².